The maximum atomic E-state index is 5.95. The van der Waals surface area contributed by atoms with Crippen molar-refractivity contribution < 1.29 is 4.74 Å². The predicted molar refractivity (Wildman–Crippen MR) is 95.3 cm³/mol. The first kappa shape index (κ1) is 16.2. The largest absolute Gasteiger partial charge is 0.471 e. The Kier molecular flexibility index (Phi) is 4.93. The van der Waals surface area contributed by atoms with E-state index in [2.05, 4.69) is 41.0 Å². The molecule has 0 radical (unpaired) electrons. The first-order valence-corrected chi connectivity index (χ1v) is 8.34. The van der Waals surface area contributed by atoms with Gasteiger partial charge in [-0.1, -0.05) is 37.3 Å². The molecule has 0 aliphatic heterocycles. The number of benzene rings is 1. The number of anilines is 1. The Bertz CT molecular complexity index is 798. The Morgan fingerprint density at radius 1 is 1.17 bits per heavy atom. The highest BCUT2D eigenvalue weighted by atomic mass is 16.5. The van der Waals surface area contributed by atoms with Crippen molar-refractivity contribution >= 4 is 17.1 Å². The van der Waals surface area contributed by atoms with Crippen molar-refractivity contribution in [1.29, 1.82) is 0 Å². The van der Waals surface area contributed by atoms with Gasteiger partial charge < -0.3 is 14.6 Å². The van der Waals surface area contributed by atoms with E-state index in [4.69, 9.17) is 4.74 Å². The minimum atomic E-state index is 0.269. The van der Waals surface area contributed by atoms with Crippen LogP contribution in [0.3, 0.4) is 0 Å². The van der Waals surface area contributed by atoms with Crippen LogP contribution in [-0.4, -0.2) is 26.1 Å². The van der Waals surface area contributed by atoms with E-state index in [-0.39, 0.29) is 6.04 Å². The monoisotopic (exact) mass is 325 g/mol. The molecule has 0 amide bonds. The molecule has 126 valence electrons. The van der Waals surface area contributed by atoms with Gasteiger partial charge in [-0.15, -0.1) is 0 Å². The molecule has 0 fully saturated rings. The van der Waals surface area contributed by atoms with Gasteiger partial charge in [0, 0.05) is 12.6 Å². The van der Waals surface area contributed by atoms with Crippen molar-refractivity contribution in [2.24, 2.45) is 0 Å². The molecule has 24 heavy (non-hydrogen) atoms. The second-order valence-electron chi connectivity index (χ2n) is 5.97. The van der Waals surface area contributed by atoms with Crippen LogP contribution in [0.2, 0.25) is 0 Å². The number of ether oxygens (including phenoxy) is 1. The summed E-state index contributed by atoms with van der Waals surface area (Å²) in [5.41, 5.74) is 2.58. The van der Waals surface area contributed by atoms with E-state index in [0.29, 0.717) is 24.0 Å². The molecule has 3 rings (SSSR count). The van der Waals surface area contributed by atoms with Gasteiger partial charge in [-0.25, -0.2) is 4.98 Å². The van der Waals surface area contributed by atoms with Gasteiger partial charge >= 0.3 is 0 Å². The minimum Gasteiger partial charge on any atom is -0.471 e. The Hall–Kier alpha value is -2.63. The summed E-state index contributed by atoms with van der Waals surface area (Å²) >= 11 is 0. The van der Waals surface area contributed by atoms with Gasteiger partial charge in [-0.3, -0.25) is 0 Å². The summed E-state index contributed by atoms with van der Waals surface area (Å²) in [5.74, 6) is 1.09. The lowest BCUT2D eigenvalue weighted by atomic mass is 10.2. The fraction of sp³-hybridized carbons (Fsp3) is 0.389. The quantitative estimate of drug-likeness (QED) is 0.715. The van der Waals surface area contributed by atoms with Gasteiger partial charge in [0.05, 0.1) is 6.33 Å². The van der Waals surface area contributed by atoms with Crippen molar-refractivity contribution in [3.05, 3.63) is 42.2 Å². The zero-order valence-corrected chi connectivity index (χ0v) is 14.4. The fourth-order valence-corrected chi connectivity index (χ4v) is 2.41. The average Bonchev–Trinajstić information content (AvgIpc) is 3.03. The van der Waals surface area contributed by atoms with Crippen LogP contribution in [0.25, 0.3) is 11.2 Å². The molecular formula is C18H23N5O. The van der Waals surface area contributed by atoms with E-state index in [0.717, 1.165) is 24.2 Å². The summed E-state index contributed by atoms with van der Waals surface area (Å²) in [5, 5.41) is 3.24. The second kappa shape index (κ2) is 7.29. The van der Waals surface area contributed by atoms with Gasteiger partial charge in [0.2, 0.25) is 11.8 Å². The summed E-state index contributed by atoms with van der Waals surface area (Å²) in [7, 11) is 0. The molecule has 0 bridgehead atoms. The van der Waals surface area contributed by atoms with Crippen molar-refractivity contribution in [2.45, 2.75) is 39.8 Å². The predicted octanol–water partition coefficient (Wildman–Crippen LogP) is 3.81. The molecule has 0 unspecified atom stereocenters. The van der Waals surface area contributed by atoms with Crippen molar-refractivity contribution in [2.75, 3.05) is 11.9 Å². The van der Waals surface area contributed by atoms with Crippen LogP contribution in [0.5, 0.6) is 5.88 Å². The molecule has 6 heteroatoms. The van der Waals surface area contributed by atoms with Crippen molar-refractivity contribution in [3.8, 4) is 5.88 Å². The highest BCUT2D eigenvalue weighted by molar-refractivity contribution is 5.77. The number of imidazole rings is 1. The number of rotatable bonds is 7. The summed E-state index contributed by atoms with van der Waals surface area (Å²) in [4.78, 5) is 13.6. The molecule has 0 saturated heterocycles. The third kappa shape index (κ3) is 3.48. The molecule has 1 N–H and O–H groups in total. The molecule has 0 saturated carbocycles. The topological polar surface area (TPSA) is 64.9 Å². The van der Waals surface area contributed by atoms with Crippen molar-refractivity contribution in [1.82, 2.24) is 19.5 Å². The van der Waals surface area contributed by atoms with E-state index < -0.39 is 0 Å². The highest BCUT2D eigenvalue weighted by Crippen LogP contribution is 2.25. The Morgan fingerprint density at radius 3 is 2.67 bits per heavy atom. The maximum absolute atomic E-state index is 5.95. The number of hydrogen-bond donors (Lipinski definition) is 1. The standard InChI is InChI=1S/C18H23N5O/c1-4-10-19-18-21-16-15(20-12-23(16)13(2)3)17(22-18)24-11-14-8-6-5-7-9-14/h5-9,12-13H,4,10-11H2,1-3H3,(H,19,21,22). The molecule has 2 aromatic heterocycles. The summed E-state index contributed by atoms with van der Waals surface area (Å²) in [6, 6.07) is 10.3. The summed E-state index contributed by atoms with van der Waals surface area (Å²) in [6.07, 6.45) is 2.80. The molecule has 0 atom stereocenters. The molecule has 2 heterocycles. The maximum Gasteiger partial charge on any atom is 0.247 e. The van der Waals surface area contributed by atoms with E-state index in [1.165, 1.54) is 0 Å². The zero-order chi connectivity index (χ0) is 16.9. The normalized spacial score (nSPS) is 11.2. The lowest BCUT2D eigenvalue weighted by molar-refractivity contribution is 0.297. The van der Waals surface area contributed by atoms with Crippen LogP contribution >= 0.6 is 0 Å². The van der Waals surface area contributed by atoms with Gasteiger partial charge in [-0.05, 0) is 25.8 Å². The third-order valence-corrected chi connectivity index (χ3v) is 3.70. The van der Waals surface area contributed by atoms with Crippen molar-refractivity contribution in [3.63, 3.8) is 0 Å². The molecule has 1 aromatic carbocycles. The van der Waals surface area contributed by atoms with E-state index >= 15 is 0 Å². The number of fused-ring (bicyclic) bond motifs is 1. The van der Waals surface area contributed by atoms with Crippen LogP contribution in [0, 0.1) is 0 Å². The van der Waals surface area contributed by atoms with Crippen LogP contribution in [0.1, 0.15) is 38.8 Å². The Balaban J connectivity index is 1.94. The minimum absolute atomic E-state index is 0.269. The number of hydrogen-bond acceptors (Lipinski definition) is 5. The van der Waals surface area contributed by atoms with Crippen LogP contribution < -0.4 is 10.1 Å². The molecular weight excluding hydrogens is 302 g/mol. The van der Waals surface area contributed by atoms with Crippen LogP contribution in [0.15, 0.2) is 36.7 Å². The lowest BCUT2D eigenvalue weighted by Crippen LogP contribution is -2.08. The Labute approximate surface area is 141 Å². The lowest BCUT2D eigenvalue weighted by Gasteiger charge is -2.11. The SMILES string of the molecule is CCCNc1nc(OCc2ccccc2)c2ncn(C(C)C)c2n1. The molecule has 6 nitrogen and oxygen atoms in total. The third-order valence-electron chi connectivity index (χ3n) is 3.70. The summed E-state index contributed by atoms with van der Waals surface area (Å²) < 4.78 is 7.98. The van der Waals surface area contributed by atoms with Gasteiger partial charge in [0.15, 0.2) is 11.2 Å². The average molecular weight is 325 g/mol. The molecule has 0 spiro atoms. The highest BCUT2D eigenvalue weighted by Gasteiger charge is 2.16. The van der Waals surface area contributed by atoms with Crippen LogP contribution in [0.4, 0.5) is 5.95 Å². The smallest absolute Gasteiger partial charge is 0.247 e. The number of aromatic nitrogens is 4. The number of nitrogens with one attached hydrogen (secondary N) is 1. The van der Waals surface area contributed by atoms with Gasteiger partial charge in [0.1, 0.15) is 6.61 Å². The van der Waals surface area contributed by atoms with E-state index in [1.807, 2.05) is 34.9 Å². The zero-order valence-electron chi connectivity index (χ0n) is 14.4. The second-order valence-corrected chi connectivity index (χ2v) is 5.97. The van der Waals surface area contributed by atoms with Gasteiger partial charge in [-0.2, -0.15) is 9.97 Å². The van der Waals surface area contributed by atoms with Crippen LogP contribution in [-0.2, 0) is 6.61 Å². The first-order valence-electron chi connectivity index (χ1n) is 8.34. The van der Waals surface area contributed by atoms with E-state index in [1.54, 1.807) is 6.33 Å². The van der Waals surface area contributed by atoms with E-state index in [9.17, 15) is 0 Å². The molecule has 0 aliphatic carbocycles. The summed E-state index contributed by atoms with van der Waals surface area (Å²) in [6.45, 7) is 7.59. The Morgan fingerprint density at radius 2 is 1.96 bits per heavy atom. The number of nitrogens with zero attached hydrogens (tertiary/aromatic N) is 4. The van der Waals surface area contributed by atoms with Gasteiger partial charge in [0.25, 0.3) is 0 Å². The fourth-order valence-electron chi connectivity index (χ4n) is 2.41. The molecule has 3 aromatic rings. The first-order chi connectivity index (χ1) is 11.7. The molecule has 0 aliphatic rings.